The fourth-order valence-electron chi connectivity index (χ4n) is 9.12. The molecule has 1 aliphatic carbocycles. The zero-order valence-electron chi connectivity index (χ0n) is 33.7. The van der Waals surface area contributed by atoms with Gasteiger partial charge in [-0.05, 0) is 71.1 Å². The van der Waals surface area contributed by atoms with Crippen LogP contribution in [-0.2, 0) is 0 Å². The predicted molar refractivity (Wildman–Crippen MR) is 253 cm³/mol. The summed E-state index contributed by atoms with van der Waals surface area (Å²) in [6, 6.07) is 70.3. The van der Waals surface area contributed by atoms with E-state index in [1.54, 1.807) is 0 Å². The van der Waals surface area contributed by atoms with Crippen LogP contribution in [0.1, 0.15) is 17.9 Å². The third kappa shape index (κ3) is 6.22. The van der Waals surface area contributed by atoms with Crippen molar-refractivity contribution >= 4 is 44.9 Å². The molecule has 5 heteroatoms. The van der Waals surface area contributed by atoms with Gasteiger partial charge in [0.2, 0.25) is 0 Å². The third-order valence-corrected chi connectivity index (χ3v) is 12.2. The molecule has 292 valence electrons. The second-order valence-corrected chi connectivity index (χ2v) is 15.9. The Hall–Kier alpha value is -8.15. The minimum atomic E-state index is 0.165. The van der Waals surface area contributed by atoms with Gasteiger partial charge in [-0.15, -0.1) is 0 Å². The zero-order chi connectivity index (χ0) is 41.0. The van der Waals surface area contributed by atoms with Crippen molar-refractivity contribution in [1.29, 1.82) is 0 Å². The van der Waals surface area contributed by atoms with Crippen LogP contribution in [-0.4, -0.2) is 19.5 Å². The van der Waals surface area contributed by atoms with Gasteiger partial charge in [-0.2, -0.15) is 0 Å². The first-order valence-corrected chi connectivity index (χ1v) is 21.1. The maximum absolute atomic E-state index is 6.86. The smallest absolute Gasteiger partial charge is 0.164 e. The number of fused-ring (bicyclic) bond motifs is 6. The zero-order valence-corrected chi connectivity index (χ0v) is 33.7. The first kappa shape index (κ1) is 35.8. The second kappa shape index (κ2) is 14.8. The molecule has 1 unspecified atom stereocenters. The second-order valence-electron chi connectivity index (χ2n) is 15.9. The van der Waals surface area contributed by atoms with E-state index >= 15 is 0 Å². The highest BCUT2D eigenvalue weighted by molar-refractivity contribution is 6.12. The molecule has 0 bridgehead atoms. The fraction of sp³-hybridized carbons (Fsp3) is 0.0351. The van der Waals surface area contributed by atoms with Gasteiger partial charge in [-0.25, -0.2) is 15.0 Å². The van der Waals surface area contributed by atoms with Crippen molar-refractivity contribution < 1.29 is 4.42 Å². The van der Waals surface area contributed by atoms with Crippen molar-refractivity contribution in [3.05, 3.63) is 216 Å². The predicted octanol–water partition coefficient (Wildman–Crippen LogP) is 12.8. The molecule has 62 heavy (non-hydrogen) atoms. The highest BCUT2D eigenvalue weighted by Gasteiger charge is 2.20. The molecule has 3 heterocycles. The Bertz CT molecular complexity index is 3520. The number of hydrogen-bond acceptors (Lipinski definition) is 4. The van der Waals surface area contributed by atoms with Gasteiger partial charge >= 0.3 is 0 Å². The van der Waals surface area contributed by atoms with E-state index < -0.39 is 0 Å². The molecule has 0 fully saturated rings. The molecule has 8 aromatic carbocycles. The molecule has 0 amide bonds. The number of para-hydroxylation sites is 2. The van der Waals surface area contributed by atoms with Gasteiger partial charge in [-0.3, -0.25) is 0 Å². The Kier molecular flexibility index (Phi) is 8.56. The number of rotatable bonds is 7. The number of furan rings is 1. The molecule has 0 radical (unpaired) electrons. The molecule has 5 nitrogen and oxygen atoms in total. The lowest BCUT2D eigenvalue weighted by Gasteiger charge is -2.14. The minimum absolute atomic E-state index is 0.165. The van der Waals surface area contributed by atoms with E-state index in [2.05, 4.69) is 156 Å². The lowest BCUT2D eigenvalue weighted by molar-refractivity contribution is 0.570. The van der Waals surface area contributed by atoms with E-state index in [1.807, 2.05) is 60.7 Å². The van der Waals surface area contributed by atoms with E-state index in [0.717, 1.165) is 61.5 Å². The van der Waals surface area contributed by atoms with Gasteiger partial charge < -0.3 is 8.98 Å². The molecule has 12 rings (SSSR count). The standard InChI is InChI=1S/C57H38N4O/c1-5-14-37(15-6-1)42-29-32-51-49(34-42)50-35-44(30-33-52(50)61(51)45-20-11-4-12-21-45)46-22-13-23-48-47-31-28-43(36-53(47)62-54(46)48)38-24-26-41(27-25-38)57-59-55(39-16-7-2-8-17-39)58-56(60-57)40-18-9-3-10-19-40/h1-27,29-36,43H,28H2. The number of aromatic nitrogens is 4. The van der Waals surface area contributed by atoms with Gasteiger partial charge in [-0.1, -0.05) is 170 Å². The quantitative estimate of drug-likeness (QED) is 0.161. The van der Waals surface area contributed by atoms with Crippen molar-refractivity contribution in [3.8, 4) is 62.1 Å². The van der Waals surface area contributed by atoms with Crippen LogP contribution in [0.4, 0.5) is 0 Å². The molecule has 1 aliphatic rings. The van der Waals surface area contributed by atoms with Crippen LogP contribution < -0.4 is 10.6 Å². The summed E-state index contributed by atoms with van der Waals surface area (Å²) >= 11 is 0. The highest BCUT2D eigenvalue weighted by atomic mass is 16.3. The van der Waals surface area contributed by atoms with Crippen molar-refractivity contribution in [2.75, 3.05) is 0 Å². The van der Waals surface area contributed by atoms with Crippen LogP contribution in [0.3, 0.4) is 0 Å². The van der Waals surface area contributed by atoms with E-state index in [0.29, 0.717) is 17.5 Å². The van der Waals surface area contributed by atoms with Gasteiger partial charge in [0.05, 0.1) is 11.0 Å². The third-order valence-electron chi connectivity index (χ3n) is 12.2. The lowest BCUT2D eigenvalue weighted by Crippen LogP contribution is -2.24. The van der Waals surface area contributed by atoms with Crippen LogP contribution in [0.15, 0.2) is 205 Å². The van der Waals surface area contributed by atoms with Gasteiger partial charge in [0.1, 0.15) is 11.0 Å². The number of benzene rings is 8. The summed E-state index contributed by atoms with van der Waals surface area (Å²) in [6.07, 6.45) is 5.51. The van der Waals surface area contributed by atoms with E-state index in [1.165, 1.54) is 38.5 Å². The molecule has 0 N–H and O–H groups in total. The van der Waals surface area contributed by atoms with E-state index in [-0.39, 0.29) is 5.92 Å². The normalized spacial score (nSPS) is 13.5. The minimum Gasteiger partial charge on any atom is -0.456 e. The Labute approximate surface area is 358 Å². The molecule has 0 aliphatic heterocycles. The first-order valence-electron chi connectivity index (χ1n) is 21.1. The van der Waals surface area contributed by atoms with E-state index in [9.17, 15) is 0 Å². The Balaban J connectivity index is 0.916. The summed E-state index contributed by atoms with van der Waals surface area (Å²) in [7, 11) is 0. The molecule has 3 aromatic heterocycles. The molecule has 0 saturated carbocycles. The van der Waals surface area contributed by atoms with Gasteiger partial charge in [0.25, 0.3) is 0 Å². The summed E-state index contributed by atoms with van der Waals surface area (Å²) in [5.41, 5.74) is 14.0. The summed E-state index contributed by atoms with van der Waals surface area (Å²) < 4.78 is 9.24. The topological polar surface area (TPSA) is 56.7 Å². The first-order chi connectivity index (χ1) is 30.7. The van der Waals surface area contributed by atoms with Crippen LogP contribution in [0.5, 0.6) is 0 Å². The van der Waals surface area contributed by atoms with Crippen LogP contribution >= 0.6 is 0 Å². The SMILES string of the molecule is C1=c2oc3c(-c4ccc5c(c4)c4cc(-c6ccccc6)ccc4n5-c4ccccc4)cccc3c2=CCC1c1ccc(-c2nc(-c3ccccc3)nc(-c3ccccc3)n2)cc1. The van der Waals surface area contributed by atoms with Crippen molar-refractivity contribution in [3.63, 3.8) is 0 Å². The molecular weight excluding hydrogens is 757 g/mol. The summed E-state index contributed by atoms with van der Waals surface area (Å²) in [6.45, 7) is 0. The Morgan fingerprint density at radius 1 is 0.435 bits per heavy atom. The van der Waals surface area contributed by atoms with Crippen molar-refractivity contribution in [1.82, 2.24) is 19.5 Å². The Morgan fingerprint density at radius 3 is 1.56 bits per heavy atom. The average molecular weight is 795 g/mol. The maximum Gasteiger partial charge on any atom is 0.164 e. The van der Waals surface area contributed by atoms with E-state index in [4.69, 9.17) is 19.4 Å². The molecule has 0 saturated heterocycles. The largest absolute Gasteiger partial charge is 0.456 e. The molecule has 11 aromatic rings. The molecule has 0 spiro atoms. The fourth-order valence-corrected chi connectivity index (χ4v) is 9.12. The highest BCUT2D eigenvalue weighted by Crippen LogP contribution is 2.39. The lowest BCUT2D eigenvalue weighted by atomic mass is 9.91. The van der Waals surface area contributed by atoms with Crippen LogP contribution in [0, 0.1) is 0 Å². The summed E-state index contributed by atoms with van der Waals surface area (Å²) in [5, 5.41) is 4.73. The van der Waals surface area contributed by atoms with Crippen molar-refractivity contribution in [2.24, 2.45) is 0 Å². The summed E-state index contributed by atoms with van der Waals surface area (Å²) in [4.78, 5) is 14.7. The Morgan fingerprint density at radius 2 is 0.952 bits per heavy atom. The molecule has 1 atom stereocenters. The maximum atomic E-state index is 6.86. The average Bonchev–Trinajstić information content (AvgIpc) is 3.90. The van der Waals surface area contributed by atoms with Crippen molar-refractivity contribution in [2.45, 2.75) is 12.3 Å². The number of nitrogens with zero attached hydrogens (tertiary/aromatic N) is 4. The molecular formula is C57H38N4O. The van der Waals surface area contributed by atoms with Gasteiger partial charge in [0.15, 0.2) is 17.5 Å². The monoisotopic (exact) mass is 794 g/mol. The number of hydrogen-bond donors (Lipinski definition) is 0. The van der Waals surface area contributed by atoms with Crippen LogP contribution in [0.2, 0.25) is 0 Å². The van der Waals surface area contributed by atoms with Crippen LogP contribution in [0.25, 0.3) is 107 Å². The van der Waals surface area contributed by atoms with Gasteiger partial charge in [0, 0.05) is 55.2 Å². The summed E-state index contributed by atoms with van der Waals surface area (Å²) in [5.74, 6) is 2.12.